The standard InChI is InChI=1S/C22H28BN2O4/c1-15(2)13-24-21(26)17-7-5-9-19(11-17)28-23-29-20-10-6-8-18(12-20)22(27)25-14-16(3)4/h5-12,15-16H,13-14H2,1-4H3,(H,24,26)(H,25,27). The average molecular weight is 395 g/mol. The van der Waals surface area contributed by atoms with Crippen LogP contribution in [0.4, 0.5) is 0 Å². The average Bonchev–Trinajstić information content (AvgIpc) is 2.70. The topological polar surface area (TPSA) is 76.7 Å². The summed E-state index contributed by atoms with van der Waals surface area (Å²) in [4.78, 5) is 24.3. The summed E-state index contributed by atoms with van der Waals surface area (Å²) >= 11 is 0. The second kappa shape index (κ2) is 11.1. The molecule has 2 rings (SSSR count). The van der Waals surface area contributed by atoms with E-state index in [1.165, 1.54) is 7.69 Å². The Kier molecular flexibility index (Phi) is 8.58. The predicted molar refractivity (Wildman–Crippen MR) is 114 cm³/mol. The van der Waals surface area contributed by atoms with E-state index in [1.54, 1.807) is 48.5 Å². The van der Waals surface area contributed by atoms with Gasteiger partial charge in [-0.25, -0.2) is 0 Å². The third-order valence-electron chi connectivity index (χ3n) is 3.90. The molecule has 0 saturated carbocycles. The Hall–Kier alpha value is -2.96. The Morgan fingerprint density at radius 1 is 0.793 bits per heavy atom. The molecular formula is C22H28BN2O4. The number of rotatable bonds is 10. The third kappa shape index (κ3) is 7.89. The first-order valence-electron chi connectivity index (χ1n) is 9.76. The van der Waals surface area contributed by atoms with Crippen molar-refractivity contribution < 1.29 is 18.9 Å². The van der Waals surface area contributed by atoms with Crippen LogP contribution in [0.3, 0.4) is 0 Å². The molecule has 0 atom stereocenters. The molecule has 2 N–H and O–H groups in total. The van der Waals surface area contributed by atoms with E-state index < -0.39 is 0 Å². The van der Waals surface area contributed by atoms with Gasteiger partial charge >= 0.3 is 7.69 Å². The van der Waals surface area contributed by atoms with Crippen LogP contribution in [0.5, 0.6) is 11.5 Å². The molecule has 6 nitrogen and oxygen atoms in total. The zero-order chi connectivity index (χ0) is 21.2. The third-order valence-corrected chi connectivity index (χ3v) is 3.90. The van der Waals surface area contributed by atoms with Crippen molar-refractivity contribution >= 4 is 19.5 Å². The van der Waals surface area contributed by atoms with Gasteiger partial charge in [0.25, 0.3) is 11.8 Å². The Morgan fingerprint density at radius 2 is 1.21 bits per heavy atom. The Labute approximate surface area is 173 Å². The maximum Gasteiger partial charge on any atom is 0.658 e. The fourth-order valence-electron chi connectivity index (χ4n) is 2.35. The second-order valence-corrected chi connectivity index (χ2v) is 7.60. The molecular weight excluding hydrogens is 367 g/mol. The number of amides is 2. The van der Waals surface area contributed by atoms with Crippen molar-refractivity contribution in [2.45, 2.75) is 27.7 Å². The minimum atomic E-state index is -0.148. The van der Waals surface area contributed by atoms with Crippen LogP contribution in [-0.2, 0) is 0 Å². The molecule has 2 aromatic rings. The lowest BCUT2D eigenvalue weighted by Gasteiger charge is -2.11. The lowest BCUT2D eigenvalue weighted by atomic mass is 10.1. The summed E-state index contributed by atoms with van der Waals surface area (Å²) in [6, 6.07) is 13.7. The molecule has 0 spiro atoms. The summed E-state index contributed by atoms with van der Waals surface area (Å²) in [5.41, 5.74) is 1.03. The van der Waals surface area contributed by atoms with Crippen LogP contribution in [0.1, 0.15) is 48.4 Å². The van der Waals surface area contributed by atoms with Crippen molar-refractivity contribution in [3.05, 3.63) is 59.7 Å². The quantitative estimate of drug-likeness (QED) is 0.605. The van der Waals surface area contributed by atoms with Gasteiger partial charge in [-0.05, 0) is 48.2 Å². The van der Waals surface area contributed by atoms with Gasteiger partial charge in [0.05, 0.1) is 0 Å². The van der Waals surface area contributed by atoms with Gasteiger partial charge in [0.2, 0.25) is 0 Å². The van der Waals surface area contributed by atoms with E-state index in [1.807, 2.05) is 27.7 Å². The van der Waals surface area contributed by atoms with Gasteiger partial charge in [-0.2, -0.15) is 0 Å². The zero-order valence-electron chi connectivity index (χ0n) is 17.4. The Balaban J connectivity index is 1.88. The molecule has 2 amide bonds. The fourth-order valence-corrected chi connectivity index (χ4v) is 2.35. The van der Waals surface area contributed by atoms with Gasteiger partial charge in [0.1, 0.15) is 11.5 Å². The highest BCUT2D eigenvalue weighted by molar-refractivity contribution is 6.20. The lowest BCUT2D eigenvalue weighted by Crippen LogP contribution is -2.27. The summed E-state index contributed by atoms with van der Waals surface area (Å²) < 4.78 is 11.0. The van der Waals surface area contributed by atoms with Crippen molar-refractivity contribution in [1.29, 1.82) is 0 Å². The smallest absolute Gasteiger partial charge is 0.526 e. The number of benzene rings is 2. The SMILES string of the molecule is CC(C)CNC(=O)c1cccc(O[B]Oc2cccc(C(=O)NCC(C)C)c2)c1. The Morgan fingerprint density at radius 3 is 1.59 bits per heavy atom. The van der Waals surface area contributed by atoms with Crippen molar-refractivity contribution in [2.24, 2.45) is 11.8 Å². The molecule has 0 saturated heterocycles. The van der Waals surface area contributed by atoms with Gasteiger partial charge in [0.15, 0.2) is 0 Å². The molecule has 0 bridgehead atoms. The normalized spacial score (nSPS) is 10.6. The number of hydrogen-bond donors (Lipinski definition) is 2. The maximum atomic E-state index is 12.1. The second-order valence-electron chi connectivity index (χ2n) is 7.60. The molecule has 0 aromatic heterocycles. The van der Waals surface area contributed by atoms with Crippen LogP contribution < -0.4 is 19.9 Å². The van der Waals surface area contributed by atoms with Crippen LogP contribution >= 0.6 is 0 Å². The van der Waals surface area contributed by atoms with E-state index in [4.69, 9.17) is 9.31 Å². The van der Waals surface area contributed by atoms with E-state index in [-0.39, 0.29) is 11.8 Å². The highest BCUT2D eigenvalue weighted by atomic mass is 16.6. The van der Waals surface area contributed by atoms with E-state index in [9.17, 15) is 9.59 Å². The molecule has 29 heavy (non-hydrogen) atoms. The van der Waals surface area contributed by atoms with Gasteiger partial charge in [-0.1, -0.05) is 39.8 Å². The van der Waals surface area contributed by atoms with E-state index in [2.05, 4.69) is 10.6 Å². The minimum Gasteiger partial charge on any atom is -0.526 e. The molecule has 2 aromatic carbocycles. The molecule has 0 aliphatic heterocycles. The van der Waals surface area contributed by atoms with Gasteiger partial charge in [-0.3, -0.25) is 9.59 Å². The number of hydrogen-bond acceptors (Lipinski definition) is 4. The molecule has 0 unspecified atom stereocenters. The first kappa shape index (κ1) is 22.3. The van der Waals surface area contributed by atoms with Crippen molar-refractivity contribution in [3.63, 3.8) is 0 Å². The summed E-state index contributed by atoms with van der Waals surface area (Å²) in [6.07, 6.45) is 0. The van der Waals surface area contributed by atoms with Crippen LogP contribution in [-0.4, -0.2) is 32.6 Å². The molecule has 7 heteroatoms. The molecule has 0 aliphatic carbocycles. The highest BCUT2D eigenvalue weighted by Gasteiger charge is 2.10. The van der Waals surface area contributed by atoms with E-state index >= 15 is 0 Å². The van der Waals surface area contributed by atoms with Gasteiger partial charge in [0, 0.05) is 24.2 Å². The van der Waals surface area contributed by atoms with Crippen molar-refractivity contribution in [1.82, 2.24) is 10.6 Å². The van der Waals surface area contributed by atoms with Gasteiger partial charge < -0.3 is 19.9 Å². The minimum absolute atomic E-state index is 0.148. The molecule has 153 valence electrons. The number of carbonyl (C=O) groups excluding carboxylic acids is 2. The van der Waals surface area contributed by atoms with E-state index in [0.29, 0.717) is 47.6 Å². The first-order chi connectivity index (χ1) is 13.8. The fraction of sp³-hybridized carbons (Fsp3) is 0.364. The molecule has 0 heterocycles. The zero-order valence-corrected chi connectivity index (χ0v) is 17.4. The Bertz CT molecular complexity index is 756. The van der Waals surface area contributed by atoms with Crippen LogP contribution in [0.15, 0.2) is 48.5 Å². The monoisotopic (exact) mass is 395 g/mol. The highest BCUT2D eigenvalue weighted by Crippen LogP contribution is 2.16. The van der Waals surface area contributed by atoms with Crippen molar-refractivity contribution in [3.8, 4) is 11.5 Å². The van der Waals surface area contributed by atoms with Crippen LogP contribution in [0.2, 0.25) is 0 Å². The molecule has 0 aliphatic rings. The predicted octanol–water partition coefficient (Wildman–Crippen LogP) is 3.45. The molecule has 0 fully saturated rings. The van der Waals surface area contributed by atoms with Gasteiger partial charge in [-0.15, -0.1) is 0 Å². The summed E-state index contributed by atoms with van der Waals surface area (Å²) in [6.45, 7) is 9.37. The van der Waals surface area contributed by atoms with Crippen LogP contribution in [0, 0.1) is 11.8 Å². The number of nitrogens with one attached hydrogen (secondary N) is 2. The summed E-state index contributed by atoms with van der Waals surface area (Å²) in [5.74, 6) is 1.42. The molecule has 1 radical (unpaired) electrons. The largest absolute Gasteiger partial charge is 0.658 e. The first-order valence-corrected chi connectivity index (χ1v) is 9.76. The maximum absolute atomic E-state index is 12.1. The lowest BCUT2D eigenvalue weighted by molar-refractivity contribution is 0.0941. The summed E-state index contributed by atoms with van der Waals surface area (Å²) in [7, 11) is 1.18. The van der Waals surface area contributed by atoms with E-state index in [0.717, 1.165) is 0 Å². The summed E-state index contributed by atoms with van der Waals surface area (Å²) in [5, 5.41) is 5.74. The number of carbonyl (C=O) groups is 2. The van der Waals surface area contributed by atoms with Crippen molar-refractivity contribution in [2.75, 3.05) is 13.1 Å². The van der Waals surface area contributed by atoms with Crippen LogP contribution in [0.25, 0.3) is 0 Å².